The average Bonchev–Trinajstić information content (AvgIpc) is 2.93. The van der Waals surface area contributed by atoms with Crippen LogP contribution in [0.4, 0.5) is 5.69 Å². The summed E-state index contributed by atoms with van der Waals surface area (Å²) in [6, 6.07) is 6.18. The summed E-state index contributed by atoms with van der Waals surface area (Å²) in [5.74, 6) is -0.252. The Hall–Kier alpha value is -2.52. The van der Waals surface area contributed by atoms with Gasteiger partial charge in [-0.25, -0.2) is 18.4 Å². The smallest absolute Gasteiger partial charge is 0.310 e. The zero-order valence-corrected chi connectivity index (χ0v) is 14.7. The number of carbonyl (C=O) groups is 1. The fourth-order valence-corrected chi connectivity index (χ4v) is 3.57. The molecule has 0 radical (unpaired) electrons. The van der Waals surface area contributed by atoms with Gasteiger partial charge in [0.25, 0.3) is 0 Å². The third-order valence-corrected chi connectivity index (χ3v) is 5.13. The summed E-state index contributed by atoms with van der Waals surface area (Å²) in [6.45, 7) is 3.78. The summed E-state index contributed by atoms with van der Waals surface area (Å²) < 4.78 is 24.2. The lowest BCUT2D eigenvalue weighted by Crippen LogP contribution is -2.37. The molecule has 0 unspecified atom stereocenters. The molecule has 0 fully saturated rings. The monoisotopic (exact) mass is 362 g/mol. The van der Waals surface area contributed by atoms with Gasteiger partial charge in [-0.3, -0.25) is 9.36 Å². The highest BCUT2D eigenvalue weighted by Crippen LogP contribution is 2.30. The number of nitrogens with zero attached hydrogens (tertiary/aromatic N) is 3. The molecule has 1 aromatic carbocycles. The van der Waals surface area contributed by atoms with E-state index in [-0.39, 0.29) is 17.3 Å². The van der Waals surface area contributed by atoms with Crippen LogP contribution in [-0.2, 0) is 27.8 Å². The lowest BCUT2D eigenvalue weighted by molar-refractivity contribution is -0.119. The number of benzene rings is 1. The van der Waals surface area contributed by atoms with Crippen molar-refractivity contribution in [3.05, 3.63) is 51.7 Å². The number of aromatic nitrogens is 2. The SMILES string of the molecule is Cc1cc(C)n(CC(=O)N2CCc3cc(S(N)(=O)=O)ccc32)c(=O)n1. The topological polar surface area (TPSA) is 115 Å². The number of anilines is 1. The van der Waals surface area contributed by atoms with Crippen molar-refractivity contribution in [2.75, 3.05) is 11.4 Å². The van der Waals surface area contributed by atoms with Gasteiger partial charge in [0.2, 0.25) is 15.9 Å². The molecular formula is C16H18N4O4S. The molecule has 132 valence electrons. The van der Waals surface area contributed by atoms with E-state index in [0.29, 0.717) is 30.0 Å². The first-order valence-electron chi connectivity index (χ1n) is 7.68. The number of hydrogen-bond acceptors (Lipinski definition) is 5. The van der Waals surface area contributed by atoms with Gasteiger partial charge < -0.3 is 4.90 Å². The first-order chi connectivity index (χ1) is 11.7. The van der Waals surface area contributed by atoms with Crippen molar-refractivity contribution in [1.82, 2.24) is 9.55 Å². The molecule has 9 heteroatoms. The highest BCUT2D eigenvalue weighted by molar-refractivity contribution is 7.89. The van der Waals surface area contributed by atoms with E-state index >= 15 is 0 Å². The Labute approximate surface area is 145 Å². The average molecular weight is 362 g/mol. The molecule has 0 bridgehead atoms. The molecule has 1 amide bonds. The summed E-state index contributed by atoms with van der Waals surface area (Å²) in [5.41, 5.74) is 2.19. The zero-order valence-electron chi connectivity index (χ0n) is 13.9. The number of hydrogen-bond donors (Lipinski definition) is 1. The van der Waals surface area contributed by atoms with Crippen molar-refractivity contribution in [2.24, 2.45) is 5.14 Å². The Morgan fingerprint density at radius 2 is 2.00 bits per heavy atom. The minimum absolute atomic E-state index is 0.0235. The van der Waals surface area contributed by atoms with Gasteiger partial charge in [0, 0.05) is 23.6 Å². The molecule has 3 rings (SSSR count). The van der Waals surface area contributed by atoms with Crippen molar-refractivity contribution in [3.63, 3.8) is 0 Å². The number of amides is 1. The maximum atomic E-state index is 12.6. The second-order valence-corrected chi connectivity index (χ2v) is 7.60. The van der Waals surface area contributed by atoms with Crippen molar-refractivity contribution >= 4 is 21.6 Å². The Morgan fingerprint density at radius 1 is 1.28 bits per heavy atom. The molecule has 0 saturated carbocycles. The third kappa shape index (κ3) is 3.33. The van der Waals surface area contributed by atoms with Gasteiger partial charge in [-0.15, -0.1) is 0 Å². The van der Waals surface area contributed by atoms with Gasteiger partial charge in [0.15, 0.2) is 0 Å². The highest BCUT2D eigenvalue weighted by Gasteiger charge is 2.26. The summed E-state index contributed by atoms with van der Waals surface area (Å²) in [4.78, 5) is 30.1. The van der Waals surface area contributed by atoms with E-state index in [0.717, 1.165) is 5.56 Å². The summed E-state index contributed by atoms with van der Waals surface area (Å²) in [6.07, 6.45) is 0.532. The first kappa shape index (κ1) is 17.3. The molecule has 2 aromatic rings. The molecule has 0 spiro atoms. The maximum absolute atomic E-state index is 12.6. The van der Waals surface area contributed by atoms with Crippen LogP contribution in [0.2, 0.25) is 0 Å². The number of fused-ring (bicyclic) bond motifs is 1. The van der Waals surface area contributed by atoms with E-state index in [1.165, 1.54) is 16.7 Å². The predicted molar refractivity (Wildman–Crippen MR) is 91.8 cm³/mol. The van der Waals surface area contributed by atoms with E-state index in [1.807, 2.05) is 0 Å². The van der Waals surface area contributed by atoms with Crippen molar-refractivity contribution in [3.8, 4) is 0 Å². The number of sulfonamides is 1. The van der Waals surface area contributed by atoms with Gasteiger partial charge in [-0.05, 0) is 50.1 Å². The van der Waals surface area contributed by atoms with Crippen LogP contribution in [0, 0.1) is 13.8 Å². The first-order valence-corrected chi connectivity index (χ1v) is 9.22. The number of aryl methyl sites for hydroxylation is 2. The maximum Gasteiger partial charge on any atom is 0.348 e. The van der Waals surface area contributed by atoms with Crippen LogP contribution in [-0.4, -0.2) is 30.4 Å². The number of rotatable bonds is 3. The molecule has 8 nitrogen and oxygen atoms in total. The van der Waals surface area contributed by atoms with Crippen LogP contribution in [0.25, 0.3) is 0 Å². The summed E-state index contributed by atoms with van der Waals surface area (Å²) in [5, 5.41) is 5.14. The van der Waals surface area contributed by atoms with Crippen LogP contribution >= 0.6 is 0 Å². The lowest BCUT2D eigenvalue weighted by atomic mass is 10.2. The Morgan fingerprint density at radius 3 is 2.64 bits per heavy atom. The minimum Gasteiger partial charge on any atom is -0.310 e. The van der Waals surface area contributed by atoms with Crippen LogP contribution in [0.5, 0.6) is 0 Å². The van der Waals surface area contributed by atoms with Crippen LogP contribution in [0.1, 0.15) is 17.0 Å². The minimum atomic E-state index is -3.78. The van der Waals surface area contributed by atoms with Crippen LogP contribution in [0.3, 0.4) is 0 Å². The van der Waals surface area contributed by atoms with Gasteiger partial charge >= 0.3 is 5.69 Å². The van der Waals surface area contributed by atoms with Gasteiger partial charge in [0.05, 0.1) is 4.90 Å². The predicted octanol–water partition coefficient (Wildman–Crippen LogP) is 0.0968. The normalized spacial score (nSPS) is 13.8. The van der Waals surface area contributed by atoms with E-state index in [2.05, 4.69) is 4.98 Å². The summed E-state index contributed by atoms with van der Waals surface area (Å²) >= 11 is 0. The largest absolute Gasteiger partial charge is 0.348 e. The van der Waals surface area contributed by atoms with Crippen molar-refractivity contribution in [1.29, 1.82) is 0 Å². The second-order valence-electron chi connectivity index (χ2n) is 6.04. The highest BCUT2D eigenvalue weighted by atomic mass is 32.2. The quantitative estimate of drug-likeness (QED) is 0.831. The standard InChI is InChI=1S/C16H18N4O4S/c1-10-7-11(2)20(16(22)18-10)9-15(21)19-6-5-12-8-13(25(17,23)24)3-4-14(12)19/h3-4,7-8H,5-6,9H2,1-2H3,(H2,17,23,24). The molecular weight excluding hydrogens is 344 g/mol. The third-order valence-electron chi connectivity index (χ3n) is 4.22. The number of primary sulfonamides is 1. The molecule has 2 N–H and O–H groups in total. The van der Waals surface area contributed by atoms with Gasteiger partial charge in [-0.2, -0.15) is 4.98 Å². The van der Waals surface area contributed by atoms with E-state index in [4.69, 9.17) is 5.14 Å². The number of nitrogens with two attached hydrogens (primary N) is 1. The molecule has 1 aromatic heterocycles. The Kier molecular flexibility index (Phi) is 4.21. The Balaban J connectivity index is 1.89. The molecule has 1 aliphatic rings. The molecule has 0 aliphatic carbocycles. The van der Waals surface area contributed by atoms with E-state index < -0.39 is 15.7 Å². The van der Waals surface area contributed by atoms with Crippen molar-refractivity contribution < 1.29 is 13.2 Å². The fourth-order valence-electron chi connectivity index (χ4n) is 3.00. The van der Waals surface area contributed by atoms with Crippen LogP contribution in [0.15, 0.2) is 34.0 Å². The molecule has 2 heterocycles. The summed E-state index contributed by atoms with van der Waals surface area (Å²) in [7, 11) is -3.78. The number of carbonyl (C=O) groups excluding carboxylic acids is 1. The van der Waals surface area contributed by atoms with Gasteiger partial charge in [-0.1, -0.05) is 0 Å². The lowest BCUT2D eigenvalue weighted by Gasteiger charge is -2.19. The Bertz CT molecular complexity index is 1030. The van der Waals surface area contributed by atoms with E-state index in [9.17, 15) is 18.0 Å². The second kappa shape index (κ2) is 6.08. The van der Waals surface area contributed by atoms with Crippen molar-refractivity contribution in [2.45, 2.75) is 31.7 Å². The van der Waals surface area contributed by atoms with Crippen LogP contribution < -0.4 is 15.7 Å². The van der Waals surface area contributed by atoms with E-state index in [1.54, 1.807) is 30.9 Å². The zero-order chi connectivity index (χ0) is 18.4. The molecule has 0 atom stereocenters. The molecule has 25 heavy (non-hydrogen) atoms. The fraction of sp³-hybridized carbons (Fsp3) is 0.312. The van der Waals surface area contributed by atoms with Gasteiger partial charge in [0.1, 0.15) is 6.54 Å². The molecule has 1 aliphatic heterocycles. The molecule has 0 saturated heterocycles.